The first-order valence-corrected chi connectivity index (χ1v) is 31.0. The molecule has 0 atom stereocenters. The Morgan fingerprint density at radius 2 is 0.713 bits per heavy atom. The number of nitrogens with zero attached hydrogens (tertiary/aromatic N) is 6. The van der Waals surface area contributed by atoms with Gasteiger partial charge in [0, 0.05) is 137 Å². The molecule has 0 aliphatic carbocycles. The topological polar surface area (TPSA) is 36.0 Å². The number of rotatable bonds is 4. The van der Waals surface area contributed by atoms with E-state index in [0.29, 0.717) is 0 Å². The average molecular weight is 1110 g/mol. The standard InChI is InChI=1S/C78H52B2N6O/c1-3-23-49(24-4-1)83-67-45-73-57(43-61(67)79-59-31-15-29-55-53-27-9-13-35-65(53)85(77(55)59)71-41-51(39-69(83)75(71)79)81-37-17-21-47-19-7-11-33-63(47)81)58-44-62-68(46-74(58)87-73)84(50-25-5-2-6-26-50)70-40-52(82-38-18-22-48-20-8-12-34-64(48)82)42-72-76(70)80(62)60-32-16-30-56-54-28-10-14-36-66(54)86(72)78(56)60/h1-16,19-20,23-36,39-46H,17-18,21-22,37-38H2. The molecule has 15 aromatic rings. The summed E-state index contributed by atoms with van der Waals surface area (Å²) in [6, 6.07) is 92.2. The van der Waals surface area contributed by atoms with Crippen molar-refractivity contribution in [2.75, 3.05) is 32.7 Å². The Morgan fingerprint density at radius 3 is 1.20 bits per heavy atom. The van der Waals surface area contributed by atoms with Crippen molar-refractivity contribution in [1.82, 2.24) is 9.13 Å². The number of anilines is 10. The van der Waals surface area contributed by atoms with Gasteiger partial charge in [-0.15, -0.1) is 0 Å². The maximum absolute atomic E-state index is 7.49. The summed E-state index contributed by atoms with van der Waals surface area (Å²) in [5.74, 6) is 0. The van der Waals surface area contributed by atoms with Gasteiger partial charge in [-0.25, -0.2) is 0 Å². The van der Waals surface area contributed by atoms with Gasteiger partial charge in [0.05, 0.1) is 11.0 Å². The highest BCUT2D eigenvalue weighted by Crippen LogP contribution is 2.50. The van der Waals surface area contributed by atoms with Gasteiger partial charge >= 0.3 is 0 Å². The number of fused-ring (bicyclic) bond motifs is 19. The van der Waals surface area contributed by atoms with Gasteiger partial charge in [0.2, 0.25) is 0 Å². The van der Waals surface area contributed by atoms with Crippen LogP contribution in [-0.2, 0) is 12.8 Å². The quantitative estimate of drug-likeness (QED) is 0.164. The third kappa shape index (κ3) is 6.13. The van der Waals surface area contributed by atoms with Crippen LogP contribution in [0.3, 0.4) is 0 Å². The highest BCUT2D eigenvalue weighted by Gasteiger charge is 2.46. The van der Waals surface area contributed by atoms with Gasteiger partial charge in [0.25, 0.3) is 13.4 Å². The second kappa shape index (κ2) is 17.0. The summed E-state index contributed by atoms with van der Waals surface area (Å²) in [5, 5.41) is 7.38. The second-order valence-electron chi connectivity index (χ2n) is 24.9. The second-order valence-corrected chi connectivity index (χ2v) is 24.9. The molecule has 0 saturated carbocycles. The molecule has 0 saturated heterocycles. The van der Waals surface area contributed by atoms with E-state index in [1.165, 1.54) is 133 Å². The van der Waals surface area contributed by atoms with E-state index in [1.54, 1.807) is 0 Å². The van der Waals surface area contributed by atoms with Gasteiger partial charge in [0.15, 0.2) is 0 Å². The predicted octanol–water partition coefficient (Wildman–Crippen LogP) is 15.2. The van der Waals surface area contributed by atoms with Crippen molar-refractivity contribution in [2.45, 2.75) is 25.7 Å². The average Bonchev–Trinajstić information content (AvgIpc) is 1.68. The van der Waals surface area contributed by atoms with Crippen LogP contribution in [0.5, 0.6) is 0 Å². The monoisotopic (exact) mass is 1110 g/mol. The Morgan fingerprint density at radius 1 is 0.299 bits per heavy atom. The first kappa shape index (κ1) is 46.7. The van der Waals surface area contributed by atoms with E-state index in [2.05, 4.69) is 271 Å². The summed E-state index contributed by atoms with van der Waals surface area (Å²) in [7, 11) is 0. The van der Waals surface area contributed by atoms with E-state index in [9.17, 15) is 0 Å². The molecule has 0 N–H and O–H groups in total. The van der Waals surface area contributed by atoms with Crippen LogP contribution in [0.4, 0.5) is 56.9 Å². The van der Waals surface area contributed by atoms with Crippen LogP contribution in [0.15, 0.2) is 247 Å². The number of aromatic nitrogens is 2. The molecule has 0 fully saturated rings. The fourth-order valence-corrected chi connectivity index (χ4v) is 17.2. The third-order valence-electron chi connectivity index (χ3n) is 20.6. The first-order chi connectivity index (χ1) is 43.2. The third-order valence-corrected chi connectivity index (χ3v) is 20.6. The minimum atomic E-state index is -0.0675. The molecule has 9 heteroatoms. The molecule has 12 aromatic carbocycles. The number of aryl methyl sites for hydroxylation is 2. The fourth-order valence-electron chi connectivity index (χ4n) is 17.2. The summed E-state index contributed by atoms with van der Waals surface area (Å²) in [6.45, 7) is 1.76. The van der Waals surface area contributed by atoms with Crippen molar-refractivity contribution in [3.8, 4) is 11.4 Å². The molecule has 7 nitrogen and oxygen atoms in total. The molecule has 87 heavy (non-hydrogen) atoms. The minimum Gasteiger partial charge on any atom is -0.456 e. The van der Waals surface area contributed by atoms with Crippen molar-refractivity contribution in [1.29, 1.82) is 0 Å². The molecule has 3 aromatic heterocycles. The summed E-state index contributed by atoms with van der Waals surface area (Å²) >= 11 is 0. The van der Waals surface area contributed by atoms with Gasteiger partial charge in [-0.3, -0.25) is 0 Å². The van der Waals surface area contributed by atoms with Crippen molar-refractivity contribution in [2.24, 2.45) is 0 Å². The van der Waals surface area contributed by atoms with Gasteiger partial charge in [0.1, 0.15) is 11.2 Å². The Kier molecular flexibility index (Phi) is 9.15. The fraction of sp³-hybridized carbons (Fsp3) is 0.0769. The minimum absolute atomic E-state index is 0.0675. The summed E-state index contributed by atoms with van der Waals surface area (Å²) in [6.07, 6.45) is 4.35. The molecule has 6 aliphatic heterocycles. The molecule has 9 heterocycles. The highest BCUT2D eigenvalue weighted by molar-refractivity contribution is 7.01. The van der Waals surface area contributed by atoms with E-state index >= 15 is 0 Å². The van der Waals surface area contributed by atoms with Gasteiger partial charge < -0.3 is 33.2 Å². The zero-order valence-corrected chi connectivity index (χ0v) is 47.6. The SMILES string of the molecule is c1ccc(N2c3cc4oc5cc6c(cc5c4cc3B3c4c2cc(N2CCCc5ccccc52)cc4-n2c4ccccc4c4cccc3c42)B2c3c(cc(N4CCCc5ccccc54)cc3-n3c4ccccc4c4cccc2c43)N6c2ccccc2)cc1. The maximum atomic E-state index is 7.49. The van der Waals surface area contributed by atoms with Gasteiger partial charge in [-0.1, -0.05) is 158 Å². The van der Waals surface area contributed by atoms with E-state index in [-0.39, 0.29) is 13.4 Å². The van der Waals surface area contributed by atoms with E-state index < -0.39 is 0 Å². The number of furan rings is 1. The van der Waals surface area contributed by atoms with Crippen LogP contribution in [0.25, 0.3) is 76.9 Å². The number of hydrogen-bond donors (Lipinski definition) is 0. The van der Waals surface area contributed by atoms with Crippen LogP contribution in [-0.4, -0.2) is 35.6 Å². The summed E-state index contributed by atoms with van der Waals surface area (Å²) < 4.78 is 12.7. The zero-order valence-electron chi connectivity index (χ0n) is 47.6. The van der Waals surface area contributed by atoms with Crippen molar-refractivity contribution in [3.63, 3.8) is 0 Å². The lowest BCUT2D eigenvalue weighted by atomic mass is 9.33. The zero-order chi connectivity index (χ0) is 56.3. The largest absolute Gasteiger partial charge is 0.456 e. The summed E-state index contributed by atoms with van der Waals surface area (Å²) in [4.78, 5) is 10.3. The molecule has 0 bridgehead atoms. The number of benzene rings is 12. The normalized spacial score (nSPS) is 14.9. The van der Waals surface area contributed by atoms with Gasteiger partial charge in [-0.05, 0) is 142 Å². The lowest BCUT2D eigenvalue weighted by Crippen LogP contribution is -2.60. The lowest BCUT2D eigenvalue weighted by molar-refractivity contribution is 0.669. The summed E-state index contributed by atoms with van der Waals surface area (Å²) in [5.41, 5.74) is 31.9. The van der Waals surface area contributed by atoms with E-state index in [0.717, 1.165) is 83.5 Å². The highest BCUT2D eigenvalue weighted by atomic mass is 16.3. The van der Waals surface area contributed by atoms with E-state index in [1.807, 2.05) is 0 Å². The molecular weight excluding hydrogens is 1060 g/mol. The van der Waals surface area contributed by atoms with Crippen molar-refractivity contribution in [3.05, 3.63) is 254 Å². The Bertz CT molecular complexity index is 5210. The smallest absolute Gasteiger partial charge is 0.252 e. The molecule has 0 radical (unpaired) electrons. The van der Waals surface area contributed by atoms with Gasteiger partial charge in [-0.2, -0.15) is 0 Å². The molecular formula is C78H52B2N6O. The number of para-hydroxylation sites is 8. The van der Waals surface area contributed by atoms with Crippen LogP contribution in [0.2, 0.25) is 0 Å². The predicted molar refractivity (Wildman–Crippen MR) is 365 cm³/mol. The molecule has 406 valence electrons. The van der Waals surface area contributed by atoms with Crippen LogP contribution in [0.1, 0.15) is 24.0 Å². The van der Waals surface area contributed by atoms with Crippen LogP contribution < -0.4 is 52.4 Å². The molecule has 0 amide bonds. The number of hydrogen-bond acceptors (Lipinski definition) is 5. The molecule has 21 rings (SSSR count). The van der Waals surface area contributed by atoms with Crippen molar-refractivity contribution < 1.29 is 4.42 Å². The molecule has 0 spiro atoms. The Balaban J connectivity index is 0.852. The molecule has 0 unspecified atom stereocenters. The van der Waals surface area contributed by atoms with Crippen LogP contribution >= 0.6 is 0 Å². The van der Waals surface area contributed by atoms with Crippen molar-refractivity contribution >= 4 is 169 Å². The Hall–Kier alpha value is -10.6. The maximum Gasteiger partial charge on any atom is 0.252 e. The van der Waals surface area contributed by atoms with E-state index in [4.69, 9.17) is 4.42 Å². The lowest BCUT2D eigenvalue weighted by Gasteiger charge is -2.42. The first-order valence-electron chi connectivity index (χ1n) is 31.0. The molecule has 6 aliphatic rings. The Labute approximate surface area is 502 Å². The van der Waals surface area contributed by atoms with Crippen LogP contribution in [0, 0.1) is 0 Å².